The Bertz CT molecular complexity index is 1220. The second kappa shape index (κ2) is 8.83. The first-order valence-corrected chi connectivity index (χ1v) is 10.4. The molecule has 1 amide bonds. The Kier molecular flexibility index (Phi) is 5.95. The summed E-state index contributed by atoms with van der Waals surface area (Å²) in [4.78, 5) is 29.7. The second-order valence-corrected chi connectivity index (χ2v) is 7.88. The molecule has 32 heavy (non-hydrogen) atoms. The quantitative estimate of drug-likeness (QED) is 0.516. The molecule has 1 aliphatic rings. The number of hydrogen-bond acceptors (Lipinski definition) is 7. The second-order valence-electron chi connectivity index (χ2n) is 6.97. The molecule has 164 valence electrons. The van der Waals surface area contributed by atoms with Gasteiger partial charge in [0.25, 0.3) is 11.7 Å². The Morgan fingerprint density at radius 3 is 2.53 bits per heavy atom. The molecule has 0 fully saturated rings. The third-order valence-corrected chi connectivity index (χ3v) is 5.53. The van der Waals surface area contributed by atoms with E-state index in [0.717, 1.165) is 10.0 Å². The van der Waals surface area contributed by atoms with Crippen LogP contribution in [-0.4, -0.2) is 40.9 Å². The smallest absolute Gasteiger partial charge is 0.378 e. The van der Waals surface area contributed by atoms with Gasteiger partial charge in [0.05, 0.1) is 25.5 Å². The van der Waals surface area contributed by atoms with E-state index in [9.17, 15) is 9.59 Å². The Labute approximate surface area is 192 Å². The van der Waals surface area contributed by atoms with Crippen molar-refractivity contribution in [3.8, 4) is 5.75 Å². The zero-order valence-corrected chi connectivity index (χ0v) is 19.1. The number of benzene rings is 2. The van der Waals surface area contributed by atoms with Gasteiger partial charge in [-0.25, -0.2) is 9.48 Å². The lowest BCUT2D eigenvalue weighted by Gasteiger charge is -2.28. The minimum atomic E-state index is -0.666. The molecule has 1 aromatic heterocycles. The first-order valence-electron chi connectivity index (χ1n) is 9.65. The van der Waals surface area contributed by atoms with Crippen LogP contribution < -0.4 is 15.4 Å². The number of rotatable bonds is 5. The van der Waals surface area contributed by atoms with Crippen molar-refractivity contribution in [1.82, 2.24) is 14.8 Å². The highest BCUT2D eigenvalue weighted by molar-refractivity contribution is 9.10. The SMILES string of the molecule is COC(=O)c1nc2n(n1)[C@H](c1ccc(Br)cc1)C(C(=O)Nc1ccccc1OC)=C(C)N2. The lowest BCUT2D eigenvalue weighted by atomic mass is 9.95. The monoisotopic (exact) mass is 497 g/mol. The summed E-state index contributed by atoms with van der Waals surface area (Å²) >= 11 is 3.44. The summed E-state index contributed by atoms with van der Waals surface area (Å²) < 4.78 is 12.5. The normalized spacial score (nSPS) is 14.9. The zero-order valence-electron chi connectivity index (χ0n) is 17.5. The van der Waals surface area contributed by atoms with Gasteiger partial charge >= 0.3 is 5.97 Å². The summed E-state index contributed by atoms with van der Waals surface area (Å²) in [6.45, 7) is 1.78. The maximum Gasteiger partial charge on any atom is 0.378 e. The molecular weight excluding hydrogens is 478 g/mol. The highest BCUT2D eigenvalue weighted by Crippen LogP contribution is 2.36. The van der Waals surface area contributed by atoms with Crippen LogP contribution in [0.5, 0.6) is 5.75 Å². The van der Waals surface area contributed by atoms with Crippen molar-refractivity contribution in [2.24, 2.45) is 0 Å². The molecule has 0 saturated carbocycles. The summed E-state index contributed by atoms with van der Waals surface area (Å²) in [5.74, 6) is -0.229. The number of carbonyl (C=O) groups excluding carboxylic acids is 2. The van der Waals surface area contributed by atoms with Gasteiger partial charge in [0.1, 0.15) is 11.8 Å². The number of nitrogens with one attached hydrogen (secondary N) is 2. The fraction of sp³-hybridized carbons (Fsp3) is 0.182. The van der Waals surface area contributed by atoms with Crippen LogP contribution in [0, 0.1) is 0 Å². The molecule has 1 atom stereocenters. The van der Waals surface area contributed by atoms with E-state index < -0.39 is 12.0 Å². The summed E-state index contributed by atoms with van der Waals surface area (Å²) in [5, 5.41) is 10.3. The average molecular weight is 498 g/mol. The van der Waals surface area contributed by atoms with Crippen LogP contribution in [-0.2, 0) is 9.53 Å². The molecule has 0 radical (unpaired) electrons. The highest BCUT2D eigenvalue weighted by atomic mass is 79.9. The molecule has 0 spiro atoms. The standard InChI is InChI=1S/C22H20BrN5O4/c1-12-17(20(29)25-15-6-4-5-7-16(15)31-2)18(13-8-10-14(23)11-9-13)28-22(24-12)26-19(27-28)21(30)32-3/h4-11,18H,1-3H3,(H,25,29)(H,24,26,27)/t18-/m1/s1. The van der Waals surface area contributed by atoms with Crippen molar-refractivity contribution in [3.05, 3.63) is 75.7 Å². The Balaban J connectivity index is 1.80. The Morgan fingerprint density at radius 2 is 1.84 bits per heavy atom. The minimum absolute atomic E-state index is 0.101. The largest absolute Gasteiger partial charge is 0.495 e. The third-order valence-electron chi connectivity index (χ3n) is 5.01. The summed E-state index contributed by atoms with van der Waals surface area (Å²) in [7, 11) is 2.80. The van der Waals surface area contributed by atoms with Gasteiger partial charge in [0.2, 0.25) is 5.95 Å². The number of carbonyl (C=O) groups is 2. The number of halogens is 1. The molecule has 0 saturated heterocycles. The fourth-order valence-corrected chi connectivity index (χ4v) is 3.78. The van der Waals surface area contributed by atoms with Gasteiger partial charge in [0, 0.05) is 10.2 Å². The molecule has 3 aromatic rings. The van der Waals surface area contributed by atoms with Gasteiger partial charge in [-0.1, -0.05) is 40.2 Å². The van der Waals surface area contributed by atoms with Gasteiger partial charge < -0.3 is 20.1 Å². The number of fused-ring (bicyclic) bond motifs is 1. The van der Waals surface area contributed by atoms with Crippen molar-refractivity contribution in [2.45, 2.75) is 13.0 Å². The van der Waals surface area contributed by atoms with Crippen molar-refractivity contribution < 1.29 is 19.1 Å². The number of allylic oxidation sites excluding steroid dienone is 1. The van der Waals surface area contributed by atoms with Crippen molar-refractivity contribution in [3.63, 3.8) is 0 Å². The summed E-state index contributed by atoms with van der Waals surface area (Å²) in [6, 6.07) is 14.0. The molecule has 0 unspecified atom stereocenters. The molecule has 0 aliphatic carbocycles. The lowest BCUT2D eigenvalue weighted by Crippen LogP contribution is -2.31. The highest BCUT2D eigenvalue weighted by Gasteiger charge is 2.35. The number of hydrogen-bond donors (Lipinski definition) is 2. The molecular formula is C22H20BrN5O4. The fourth-order valence-electron chi connectivity index (χ4n) is 3.51. The van der Waals surface area contributed by atoms with Gasteiger partial charge in [-0.15, -0.1) is 5.10 Å². The first kappa shape index (κ1) is 21.6. The molecule has 9 nitrogen and oxygen atoms in total. The molecule has 10 heteroatoms. The van der Waals surface area contributed by atoms with Crippen LogP contribution >= 0.6 is 15.9 Å². The maximum absolute atomic E-state index is 13.5. The number of esters is 1. The molecule has 4 rings (SSSR count). The van der Waals surface area contributed by atoms with Crippen LogP contribution in [0.25, 0.3) is 0 Å². The van der Waals surface area contributed by atoms with E-state index in [1.807, 2.05) is 36.4 Å². The number of amides is 1. The van der Waals surface area contributed by atoms with Crippen molar-refractivity contribution in [2.75, 3.05) is 24.9 Å². The summed E-state index contributed by atoms with van der Waals surface area (Å²) in [6.07, 6.45) is 0. The van der Waals surface area contributed by atoms with E-state index >= 15 is 0 Å². The van der Waals surface area contributed by atoms with Gasteiger partial charge in [0.15, 0.2) is 0 Å². The van der Waals surface area contributed by atoms with E-state index in [-0.39, 0.29) is 11.7 Å². The molecule has 2 aromatic carbocycles. The van der Waals surface area contributed by atoms with Gasteiger partial charge in [-0.3, -0.25) is 4.79 Å². The predicted molar refractivity (Wildman–Crippen MR) is 122 cm³/mol. The van der Waals surface area contributed by atoms with Crippen LogP contribution in [0.4, 0.5) is 11.6 Å². The van der Waals surface area contributed by atoms with Crippen molar-refractivity contribution >= 4 is 39.4 Å². The van der Waals surface area contributed by atoms with Crippen molar-refractivity contribution in [1.29, 1.82) is 0 Å². The number of aromatic nitrogens is 3. The van der Waals surface area contributed by atoms with Crippen LogP contribution in [0.15, 0.2) is 64.3 Å². The topological polar surface area (TPSA) is 107 Å². The molecule has 1 aliphatic heterocycles. The van der Waals surface area contributed by atoms with E-state index in [4.69, 9.17) is 9.47 Å². The molecule has 2 heterocycles. The lowest BCUT2D eigenvalue weighted by molar-refractivity contribution is -0.113. The maximum atomic E-state index is 13.5. The Morgan fingerprint density at radius 1 is 1.12 bits per heavy atom. The number of para-hydroxylation sites is 2. The average Bonchev–Trinajstić information content (AvgIpc) is 3.22. The van der Waals surface area contributed by atoms with Crippen LogP contribution in [0.3, 0.4) is 0 Å². The third kappa shape index (κ3) is 3.96. The number of methoxy groups -OCH3 is 2. The van der Waals surface area contributed by atoms with Crippen LogP contribution in [0.1, 0.15) is 29.1 Å². The predicted octanol–water partition coefficient (Wildman–Crippen LogP) is 3.76. The molecule has 2 N–H and O–H groups in total. The zero-order chi connectivity index (χ0) is 22.8. The number of ether oxygens (including phenoxy) is 2. The van der Waals surface area contributed by atoms with E-state index in [0.29, 0.717) is 28.7 Å². The number of anilines is 2. The minimum Gasteiger partial charge on any atom is -0.495 e. The molecule has 0 bridgehead atoms. The van der Waals surface area contributed by atoms with E-state index in [1.54, 1.807) is 26.2 Å². The van der Waals surface area contributed by atoms with Gasteiger partial charge in [-0.05, 0) is 36.8 Å². The van der Waals surface area contributed by atoms with E-state index in [2.05, 4.69) is 36.6 Å². The summed E-state index contributed by atoms with van der Waals surface area (Å²) in [5.41, 5.74) is 2.34. The van der Waals surface area contributed by atoms with Crippen LogP contribution in [0.2, 0.25) is 0 Å². The first-order chi connectivity index (χ1) is 15.4. The van der Waals surface area contributed by atoms with E-state index in [1.165, 1.54) is 11.8 Å². The Hall–Kier alpha value is -3.66. The van der Waals surface area contributed by atoms with Gasteiger partial charge in [-0.2, -0.15) is 4.98 Å². The number of nitrogens with zero attached hydrogens (tertiary/aromatic N) is 3.